The molecule has 2 aliphatic heterocycles. The minimum absolute atomic E-state index is 0.00408. The smallest absolute Gasteiger partial charge is 0.269 e. The average molecular weight is 455 g/mol. The second kappa shape index (κ2) is 8.27. The van der Waals surface area contributed by atoms with E-state index in [1.807, 2.05) is 12.1 Å². The SMILES string of the molecule is COc1ccc([C@]23CCN(C)[C@H]2CC2(CC3)OCC(c3cccc([N+](=O)[O-])c3)O2)cc1OC. The van der Waals surface area contributed by atoms with Gasteiger partial charge in [0.25, 0.3) is 5.69 Å². The van der Waals surface area contributed by atoms with Crippen LogP contribution in [-0.2, 0) is 14.9 Å². The molecular weight excluding hydrogens is 424 g/mol. The normalized spacial score (nSPS) is 31.5. The lowest BCUT2D eigenvalue weighted by molar-refractivity contribution is -0.385. The molecule has 4 atom stereocenters. The number of likely N-dealkylation sites (N-methyl/N-ethyl adjacent to an activating group) is 1. The monoisotopic (exact) mass is 454 g/mol. The Bertz CT molecular complexity index is 1060. The van der Waals surface area contributed by atoms with Crippen molar-refractivity contribution in [3.63, 3.8) is 0 Å². The molecule has 0 radical (unpaired) electrons. The maximum absolute atomic E-state index is 11.2. The van der Waals surface area contributed by atoms with Crippen molar-refractivity contribution < 1.29 is 23.9 Å². The van der Waals surface area contributed by atoms with Gasteiger partial charge in [-0.25, -0.2) is 0 Å². The minimum atomic E-state index is -0.668. The Morgan fingerprint density at radius 1 is 1.09 bits per heavy atom. The fraction of sp³-hybridized carbons (Fsp3) is 0.520. The highest BCUT2D eigenvalue weighted by molar-refractivity contribution is 5.46. The average Bonchev–Trinajstić information content (AvgIpc) is 3.41. The fourth-order valence-electron chi connectivity index (χ4n) is 6.00. The van der Waals surface area contributed by atoms with Gasteiger partial charge in [0.2, 0.25) is 0 Å². The second-order valence-electron chi connectivity index (χ2n) is 9.36. The van der Waals surface area contributed by atoms with Crippen LogP contribution in [0.2, 0.25) is 0 Å². The molecule has 0 aromatic heterocycles. The van der Waals surface area contributed by atoms with Crippen LogP contribution in [0.5, 0.6) is 11.5 Å². The van der Waals surface area contributed by atoms with E-state index in [4.69, 9.17) is 18.9 Å². The summed E-state index contributed by atoms with van der Waals surface area (Å²) < 4.78 is 23.8. The lowest BCUT2D eigenvalue weighted by Gasteiger charge is -2.48. The number of rotatable bonds is 5. The van der Waals surface area contributed by atoms with Crippen LogP contribution in [0, 0.1) is 10.1 Å². The fourth-order valence-corrected chi connectivity index (χ4v) is 6.00. The van der Waals surface area contributed by atoms with Crippen molar-refractivity contribution in [2.24, 2.45) is 0 Å². The number of ether oxygens (including phenoxy) is 4. The Morgan fingerprint density at radius 3 is 2.67 bits per heavy atom. The number of benzene rings is 2. The van der Waals surface area contributed by atoms with Crippen molar-refractivity contribution in [1.82, 2.24) is 4.90 Å². The van der Waals surface area contributed by atoms with Crippen LogP contribution >= 0.6 is 0 Å². The number of likely N-dealkylation sites (tertiary alicyclic amines) is 1. The summed E-state index contributed by atoms with van der Waals surface area (Å²) in [6, 6.07) is 13.2. The Morgan fingerprint density at radius 2 is 1.91 bits per heavy atom. The van der Waals surface area contributed by atoms with E-state index in [0.29, 0.717) is 6.61 Å². The zero-order chi connectivity index (χ0) is 23.2. The highest BCUT2D eigenvalue weighted by atomic mass is 16.7. The Kier molecular flexibility index (Phi) is 5.55. The Labute approximate surface area is 193 Å². The van der Waals surface area contributed by atoms with Crippen molar-refractivity contribution in [3.8, 4) is 11.5 Å². The highest BCUT2D eigenvalue weighted by Crippen LogP contribution is 2.55. The molecule has 176 valence electrons. The molecule has 1 aliphatic carbocycles. The molecule has 2 aromatic rings. The van der Waals surface area contributed by atoms with Crippen molar-refractivity contribution >= 4 is 5.69 Å². The third-order valence-corrected chi connectivity index (χ3v) is 7.80. The Balaban J connectivity index is 1.40. The first-order valence-corrected chi connectivity index (χ1v) is 11.4. The van der Waals surface area contributed by atoms with Gasteiger partial charge >= 0.3 is 0 Å². The molecule has 1 saturated carbocycles. The zero-order valence-electron chi connectivity index (χ0n) is 19.3. The van der Waals surface area contributed by atoms with Gasteiger partial charge in [-0.3, -0.25) is 10.1 Å². The molecule has 1 spiro atoms. The van der Waals surface area contributed by atoms with E-state index in [2.05, 4.69) is 24.1 Å². The summed E-state index contributed by atoms with van der Waals surface area (Å²) >= 11 is 0. The Hall–Kier alpha value is -2.68. The summed E-state index contributed by atoms with van der Waals surface area (Å²) in [6.07, 6.45) is 3.22. The van der Waals surface area contributed by atoms with E-state index in [9.17, 15) is 10.1 Å². The van der Waals surface area contributed by atoms with E-state index in [1.165, 1.54) is 11.6 Å². The molecule has 2 unspecified atom stereocenters. The van der Waals surface area contributed by atoms with E-state index in [1.54, 1.807) is 26.4 Å². The number of nitro benzene ring substituents is 1. The molecular formula is C25H30N2O6. The van der Waals surface area contributed by atoms with Gasteiger partial charge in [0, 0.05) is 36.4 Å². The number of hydrogen-bond donors (Lipinski definition) is 0. The minimum Gasteiger partial charge on any atom is -0.493 e. The van der Waals surface area contributed by atoms with Crippen LogP contribution in [0.1, 0.15) is 42.9 Å². The van der Waals surface area contributed by atoms with Crippen LogP contribution in [0.4, 0.5) is 5.69 Å². The molecule has 2 saturated heterocycles. The molecule has 3 aliphatic rings. The molecule has 5 rings (SSSR count). The molecule has 3 fully saturated rings. The standard InChI is InChI=1S/C25H30N2O6/c1-26-12-11-24(18-7-8-20(30-2)21(14-18)31-3)9-10-25(15-23(24)26)32-16-22(33-25)17-5-4-6-19(13-17)27(28)29/h4-8,13-14,22-23H,9-12,15-16H2,1-3H3/t22?,23-,24-,25?/m0/s1. The third-order valence-electron chi connectivity index (χ3n) is 7.80. The van der Waals surface area contributed by atoms with Crippen LogP contribution in [0.3, 0.4) is 0 Å². The van der Waals surface area contributed by atoms with Gasteiger partial charge in [0.05, 0.1) is 25.7 Å². The van der Waals surface area contributed by atoms with E-state index >= 15 is 0 Å². The number of methoxy groups -OCH3 is 2. The number of fused-ring (bicyclic) bond motifs is 1. The van der Waals surface area contributed by atoms with Gasteiger partial charge in [0.1, 0.15) is 6.10 Å². The predicted molar refractivity (Wildman–Crippen MR) is 122 cm³/mol. The first-order chi connectivity index (χ1) is 15.9. The highest BCUT2D eigenvalue weighted by Gasteiger charge is 2.57. The number of nitrogens with zero attached hydrogens (tertiary/aromatic N) is 2. The van der Waals surface area contributed by atoms with Gasteiger partial charge in [0.15, 0.2) is 17.3 Å². The number of non-ortho nitro benzene ring substituents is 1. The summed E-state index contributed by atoms with van der Waals surface area (Å²) in [5, 5.41) is 11.2. The topological polar surface area (TPSA) is 83.3 Å². The molecule has 0 amide bonds. The van der Waals surface area contributed by atoms with Crippen LogP contribution in [-0.4, -0.2) is 56.1 Å². The maximum atomic E-state index is 11.2. The molecule has 8 heteroatoms. The first kappa shape index (κ1) is 22.1. The van der Waals surface area contributed by atoms with Gasteiger partial charge in [-0.2, -0.15) is 0 Å². The van der Waals surface area contributed by atoms with Gasteiger partial charge < -0.3 is 23.8 Å². The van der Waals surface area contributed by atoms with Crippen LogP contribution < -0.4 is 9.47 Å². The molecule has 8 nitrogen and oxygen atoms in total. The summed E-state index contributed by atoms with van der Waals surface area (Å²) in [5.74, 6) is 0.811. The molecule has 0 bridgehead atoms. The zero-order valence-corrected chi connectivity index (χ0v) is 19.3. The molecule has 2 aromatic carbocycles. The van der Waals surface area contributed by atoms with Crippen LogP contribution in [0.15, 0.2) is 42.5 Å². The predicted octanol–water partition coefficient (Wildman–Crippen LogP) is 4.22. The van der Waals surface area contributed by atoms with Gasteiger partial charge in [-0.1, -0.05) is 18.2 Å². The largest absolute Gasteiger partial charge is 0.493 e. The van der Waals surface area contributed by atoms with Crippen molar-refractivity contribution in [2.75, 3.05) is 34.4 Å². The summed E-state index contributed by atoms with van der Waals surface area (Å²) in [6.45, 7) is 1.41. The molecule has 0 N–H and O–H groups in total. The van der Waals surface area contributed by atoms with Crippen molar-refractivity contribution in [1.29, 1.82) is 0 Å². The first-order valence-electron chi connectivity index (χ1n) is 11.4. The lowest BCUT2D eigenvalue weighted by Crippen LogP contribution is -2.52. The quantitative estimate of drug-likeness (QED) is 0.494. The molecule has 2 heterocycles. The van der Waals surface area contributed by atoms with Gasteiger partial charge in [-0.15, -0.1) is 0 Å². The number of nitro groups is 1. The van der Waals surface area contributed by atoms with Gasteiger partial charge in [-0.05, 0) is 49.7 Å². The second-order valence-corrected chi connectivity index (χ2v) is 9.36. The van der Waals surface area contributed by atoms with Crippen molar-refractivity contribution in [2.45, 2.75) is 49.0 Å². The number of hydrogen-bond acceptors (Lipinski definition) is 7. The summed E-state index contributed by atoms with van der Waals surface area (Å²) in [5.41, 5.74) is 2.12. The summed E-state index contributed by atoms with van der Waals surface area (Å²) in [7, 11) is 5.49. The summed E-state index contributed by atoms with van der Waals surface area (Å²) in [4.78, 5) is 13.2. The van der Waals surface area contributed by atoms with E-state index in [0.717, 1.165) is 49.3 Å². The molecule has 33 heavy (non-hydrogen) atoms. The maximum Gasteiger partial charge on any atom is 0.269 e. The van der Waals surface area contributed by atoms with Crippen LogP contribution in [0.25, 0.3) is 0 Å². The van der Waals surface area contributed by atoms with Crippen molar-refractivity contribution in [3.05, 3.63) is 63.7 Å². The lowest BCUT2D eigenvalue weighted by atomic mass is 9.64. The van der Waals surface area contributed by atoms with E-state index in [-0.39, 0.29) is 28.2 Å². The third kappa shape index (κ3) is 3.66. The van der Waals surface area contributed by atoms with E-state index < -0.39 is 5.79 Å².